The molecule has 0 aliphatic heterocycles. The van der Waals surface area contributed by atoms with Gasteiger partial charge in [-0.25, -0.2) is 0 Å². The van der Waals surface area contributed by atoms with Crippen LogP contribution in [-0.4, -0.2) is 11.1 Å². The Labute approximate surface area is 91.4 Å². The van der Waals surface area contributed by atoms with E-state index in [1.165, 1.54) is 0 Å². The van der Waals surface area contributed by atoms with Gasteiger partial charge in [0, 0.05) is 6.42 Å². The molecule has 0 bridgehead atoms. The van der Waals surface area contributed by atoms with Crippen LogP contribution in [0.2, 0.25) is 0 Å². The Hall–Kier alpha value is -1.67. The Bertz CT molecular complexity index is 297. The van der Waals surface area contributed by atoms with E-state index in [-0.39, 0.29) is 6.42 Å². The smallest absolute Gasteiger partial charge is 0.303 e. The molecule has 0 saturated heterocycles. The van der Waals surface area contributed by atoms with Gasteiger partial charge < -0.3 is 5.11 Å². The summed E-state index contributed by atoms with van der Waals surface area (Å²) >= 11 is 0. The summed E-state index contributed by atoms with van der Waals surface area (Å²) in [5.41, 5.74) is 0. The van der Waals surface area contributed by atoms with Gasteiger partial charge >= 0.3 is 5.97 Å². The van der Waals surface area contributed by atoms with E-state index in [9.17, 15) is 4.79 Å². The summed E-state index contributed by atoms with van der Waals surface area (Å²) in [4.78, 5) is 10.2. The van der Waals surface area contributed by atoms with E-state index in [0.29, 0.717) is 0 Å². The number of hydrogen-bond donors (Lipinski definition) is 1. The van der Waals surface area contributed by atoms with Gasteiger partial charge in [-0.05, 0) is 37.2 Å². The summed E-state index contributed by atoms with van der Waals surface area (Å²) in [7, 11) is 0. The Kier molecular flexibility index (Phi) is 9.25. The second-order valence-electron chi connectivity index (χ2n) is 3.16. The van der Waals surface area contributed by atoms with Gasteiger partial charge in [-0.1, -0.05) is 24.8 Å². The van der Waals surface area contributed by atoms with Crippen LogP contribution in [0.1, 0.15) is 38.5 Å². The fourth-order valence-corrected chi connectivity index (χ4v) is 1.12. The molecule has 0 unspecified atom stereocenters. The SMILES string of the molecule is C#CC#CC=CCCCCCCC(=O)O. The van der Waals surface area contributed by atoms with Gasteiger partial charge in [0.1, 0.15) is 0 Å². The standard InChI is InChI=1S/C13H16O2/c1-2-3-4-5-6-7-8-9-10-11-12-13(14)15/h1,5-6H,7-12H2,(H,14,15). The summed E-state index contributed by atoms with van der Waals surface area (Å²) in [6.07, 6.45) is 13.9. The highest BCUT2D eigenvalue weighted by atomic mass is 16.4. The molecule has 0 rings (SSSR count). The zero-order chi connectivity index (χ0) is 11.4. The topological polar surface area (TPSA) is 37.3 Å². The van der Waals surface area contributed by atoms with Crippen LogP contribution in [0.3, 0.4) is 0 Å². The Morgan fingerprint density at radius 3 is 2.67 bits per heavy atom. The number of carboxylic acid groups (broad SMARTS) is 1. The Morgan fingerprint density at radius 1 is 1.27 bits per heavy atom. The molecule has 0 aromatic rings. The van der Waals surface area contributed by atoms with Crippen LogP contribution in [-0.2, 0) is 4.79 Å². The molecule has 0 amide bonds. The molecule has 2 nitrogen and oxygen atoms in total. The van der Waals surface area contributed by atoms with E-state index in [4.69, 9.17) is 11.5 Å². The molecule has 0 fully saturated rings. The van der Waals surface area contributed by atoms with Crippen LogP contribution in [0, 0.1) is 24.2 Å². The van der Waals surface area contributed by atoms with E-state index in [1.807, 2.05) is 6.08 Å². The number of aliphatic carboxylic acids is 1. The maximum Gasteiger partial charge on any atom is 0.303 e. The van der Waals surface area contributed by atoms with Crippen LogP contribution < -0.4 is 0 Å². The van der Waals surface area contributed by atoms with E-state index < -0.39 is 5.97 Å². The first-order chi connectivity index (χ1) is 7.27. The largest absolute Gasteiger partial charge is 0.481 e. The van der Waals surface area contributed by atoms with Crippen LogP contribution in [0.25, 0.3) is 0 Å². The molecular weight excluding hydrogens is 188 g/mol. The maximum absolute atomic E-state index is 10.2. The molecule has 0 saturated carbocycles. The first kappa shape index (κ1) is 13.3. The fraction of sp³-hybridized carbons (Fsp3) is 0.462. The predicted octanol–water partition coefficient (Wildman–Crippen LogP) is 2.60. The molecule has 0 aromatic carbocycles. The molecule has 1 N–H and O–H groups in total. The van der Waals surface area contributed by atoms with Gasteiger partial charge in [0.05, 0.1) is 0 Å². The average molecular weight is 204 g/mol. The van der Waals surface area contributed by atoms with Gasteiger partial charge in [0.25, 0.3) is 0 Å². The molecular formula is C13H16O2. The van der Waals surface area contributed by atoms with Crippen LogP contribution >= 0.6 is 0 Å². The number of allylic oxidation sites excluding steroid dienone is 2. The lowest BCUT2D eigenvalue weighted by Crippen LogP contribution is -1.93. The van der Waals surface area contributed by atoms with E-state index in [1.54, 1.807) is 6.08 Å². The van der Waals surface area contributed by atoms with Crippen molar-refractivity contribution in [2.75, 3.05) is 0 Å². The Morgan fingerprint density at radius 2 is 2.00 bits per heavy atom. The van der Waals surface area contributed by atoms with E-state index in [0.717, 1.165) is 32.1 Å². The molecule has 0 aromatic heterocycles. The van der Waals surface area contributed by atoms with Crippen molar-refractivity contribution in [1.29, 1.82) is 0 Å². The van der Waals surface area contributed by atoms with E-state index >= 15 is 0 Å². The van der Waals surface area contributed by atoms with Crippen molar-refractivity contribution >= 4 is 5.97 Å². The van der Waals surface area contributed by atoms with Crippen molar-refractivity contribution < 1.29 is 9.90 Å². The molecule has 2 heteroatoms. The monoisotopic (exact) mass is 204 g/mol. The first-order valence-corrected chi connectivity index (χ1v) is 5.10. The lowest BCUT2D eigenvalue weighted by atomic mass is 10.1. The highest BCUT2D eigenvalue weighted by Gasteiger charge is 1.95. The molecule has 0 atom stereocenters. The molecule has 0 spiro atoms. The quantitative estimate of drug-likeness (QED) is 0.511. The molecule has 0 radical (unpaired) electrons. The molecule has 15 heavy (non-hydrogen) atoms. The first-order valence-electron chi connectivity index (χ1n) is 5.10. The number of terminal acetylenes is 1. The number of carbonyl (C=O) groups is 1. The van der Waals surface area contributed by atoms with Crippen molar-refractivity contribution in [2.45, 2.75) is 38.5 Å². The van der Waals surface area contributed by atoms with Crippen molar-refractivity contribution in [1.82, 2.24) is 0 Å². The van der Waals surface area contributed by atoms with Crippen LogP contribution in [0.4, 0.5) is 0 Å². The van der Waals surface area contributed by atoms with Gasteiger partial charge in [-0.15, -0.1) is 6.42 Å². The predicted molar refractivity (Wildman–Crippen MR) is 61.1 cm³/mol. The number of carboxylic acids is 1. The highest BCUT2D eigenvalue weighted by molar-refractivity contribution is 5.66. The lowest BCUT2D eigenvalue weighted by molar-refractivity contribution is -0.137. The highest BCUT2D eigenvalue weighted by Crippen LogP contribution is 2.05. The fourth-order valence-electron chi connectivity index (χ4n) is 1.12. The van der Waals surface area contributed by atoms with Crippen molar-refractivity contribution in [3.63, 3.8) is 0 Å². The molecule has 0 aliphatic carbocycles. The van der Waals surface area contributed by atoms with E-state index in [2.05, 4.69) is 17.8 Å². The summed E-state index contributed by atoms with van der Waals surface area (Å²) in [5, 5.41) is 8.39. The number of rotatable bonds is 7. The molecule has 0 heterocycles. The molecule has 80 valence electrons. The zero-order valence-electron chi connectivity index (χ0n) is 8.83. The van der Waals surface area contributed by atoms with Crippen molar-refractivity contribution in [2.24, 2.45) is 0 Å². The third-order valence-electron chi connectivity index (χ3n) is 1.86. The minimum atomic E-state index is -0.709. The molecule has 0 aliphatic rings. The zero-order valence-corrected chi connectivity index (χ0v) is 8.83. The third-order valence-corrected chi connectivity index (χ3v) is 1.86. The third kappa shape index (κ3) is 12.3. The van der Waals surface area contributed by atoms with Gasteiger partial charge in [-0.3, -0.25) is 4.79 Å². The van der Waals surface area contributed by atoms with Gasteiger partial charge in [0.15, 0.2) is 0 Å². The van der Waals surface area contributed by atoms with Crippen molar-refractivity contribution in [3.05, 3.63) is 12.2 Å². The lowest BCUT2D eigenvalue weighted by Gasteiger charge is -1.96. The van der Waals surface area contributed by atoms with Crippen molar-refractivity contribution in [3.8, 4) is 24.2 Å². The van der Waals surface area contributed by atoms with Gasteiger partial charge in [-0.2, -0.15) is 0 Å². The second-order valence-corrected chi connectivity index (χ2v) is 3.16. The summed E-state index contributed by atoms with van der Waals surface area (Å²) in [5.74, 6) is 6.73. The van der Waals surface area contributed by atoms with Crippen LogP contribution in [0.5, 0.6) is 0 Å². The minimum Gasteiger partial charge on any atom is -0.481 e. The summed E-state index contributed by atoms with van der Waals surface area (Å²) in [6.45, 7) is 0. The average Bonchev–Trinajstić information content (AvgIpc) is 2.20. The number of unbranched alkanes of at least 4 members (excludes halogenated alkanes) is 4. The minimum absolute atomic E-state index is 0.281. The maximum atomic E-state index is 10.2. The normalized spacial score (nSPS) is 9.27. The second kappa shape index (κ2) is 10.4. The van der Waals surface area contributed by atoms with Gasteiger partial charge in [0.2, 0.25) is 0 Å². The van der Waals surface area contributed by atoms with Crippen LogP contribution in [0.15, 0.2) is 12.2 Å². The number of hydrogen-bond acceptors (Lipinski definition) is 1. The Balaban J connectivity index is 3.22. The summed E-state index contributed by atoms with van der Waals surface area (Å²) in [6, 6.07) is 0. The summed E-state index contributed by atoms with van der Waals surface area (Å²) < 4.78 is 0.